The highest BCUT2D eigenvalue weighted by Gasteiger charge is 2.41. The molecule has 2 heterocycles. The molecular formula is C10H17NO3. The van der Waals surface area contributed by atoms with Crippen LogP contribution in [0.15, 0.2) is 0 Å². The molecule has 4 heteroatoms. The van der Waals surface area contributed by atoms with Gasteiger partial charge in [-0.25, -0.2) is 5.06 Å². The molecule has 80 valence electrons. The lowest BCUT2D eigenvalue weighted by molar-refractivity contribution is -0.213. The van der Waals surface area contributed by atoms with E-state index in [1.54, 1.807) is 0 Å². The molecule has 0 saturated carbocycles. The van der Waals surface area contributed by atoms with Gasteiger partial charge >= 0.3 is 0 Å². The van der Waals surface area contributed by atoms with Gasteiger partial charge in [-0.05, 0) is 32.6 Å². The minimum absolute atomic E-state index is 0.00491. The first-order valence-electron chi connectivity index (χ1n) is 5.31. The maximum atomic E-state index is 12.0. The van der Waals surface area contributed by atoms with E-state index in [2.05, 4.69) is 0 Å². The van der Waals surface area contributed by atoms with E-state index in [1.165, 1.54) is 5.06 Å². The minimum atomic E-state index is -0.628. The standard InChI is InChI=1S/C10H17NO3/c1-10(5-4-7-13-10)9(12)11-6-2-3-8-14-11/h2-8H2,1H3. The summed E-state index contributed by atoms with van der Waals surface area (Å²) in [5.41, 5.74) is -0.628. The van der Waals surface area contributed by atoms with E-state index in [0.717, 1.165) is 25.7 Å². The molecule has 0 spiro atoms. The lowest BCUT2D eigenvalue weighted by Gasteiger charge is -2.32. The van der Waals surface area contributed by atoms with Gasteiger partial charge in [-0.1, -0.05) is 0 Å². The van der Waals surface area contributed by atoms with Crippen LogP contribution in [0.25, 0.3) is 0 Å². The third-order valence-corrected chi connectivity index (χ3v) is 2.90. The highest BCUT2D eigenvalue weighted by Crippen LogP contribution is 2.28. The predicted octanol–water partition coefficient (Wildman–Crippen LogP) is 1.11. The minimum Gasteiger partial charge on any atom is -0.365 e. The van der Waals surface area contributed by atoms with Crippen LogP contribution in [0.2, 0.25) is 0 Å². The number of rotatable bonds is 1. The fraction of sp³-hybridized carbons (Fsp3) is 0.900. The van der Waals surface area contributed by atoms with Gasteiger partial charge in [-0.3, -0.25) is 9.63 Å². The van der Waals surface area contributed by atoms with E-state index in [4.69, 9.17) is 9.57 Å². The van der Waals surface area contributed by atoms with Crippen LogP contribution < -0.4 is 0 Å². The zero-order chi connectivity index (χ0) is 10.0. The van der Waals surface area contributed by atoms with Crippen molar-refractivity contribution >= 4 is 5.91 Å². The maximum Gasteiger partial charge on any atom is 0.278 e. The normalized spacial score (nSPS) is 33.4. The van der Waals surface area contributed by atoms with Gasteiger partial charge < -0.3 is 4.74 Å². The fourth-order valence-electron chi connectivity index (χ4n) is 1.97. The second kappa shape index (κ2) is 3.87. The smallest absolute Gasteiger partial charge is 0.278 e. The predicted molar refractivity (Wildman–Crippen MR) is 50.5 cm³/mol. The molecule has 2 aliphatic rings. The molecule has 0 aromatic heterocycles. The molecule has 1 unspecified atom stereocenters. The Labute approximate surface area is 84.1 Å². The molecule has 0 radical (unpaired) electrons. The highest BCUT2D eigenvalue weighted by molar-refractivity contribution is 5.84. The van der Waals surface area contributed by atoms with Crippen molar-refractivity contribution in [1.29, 1.82) is 0 Å². The number of hydroxylamine groups is 2. The second-order valence-electron chi connectivity index (χ2n) is 4.13. The Balaban J connectivity index is 1.98. The van der Waals surface area contributed by atoms with Gasteiger partial charge in [-0.15, -0.1) is 0 Å². The second-order valence-corrected chi connectivity index (χ2v) is 4.13. The summed E-state index contributed by atoms with van der Waals surface area (Å²) >= 11 is 0. The molecule has 1 amide bonds. The summed E-state index contributed by atoms with van der Waals surface area (Å²) < 4.78 is 5.48. The molecule has 4 nitrogen and oxygen atoms in total. The zero-order valence-electron chi connectivity index (χ0n) is 8.62. The molecule has 2 fully saturated rings. The Hall–Kier alpha value is -0.610. The van der Waals surface area contributed by atoms with E-state index in [0.29, 0.717) is 19.8 Å². The summed E-state index contributed by atoms with van der Waals surface area (Å²) in [5, 5.41) is 1.48. The molecule has 0 bridgehead atoms. The van der Waals surface area contributed by atoms with E-state index >= 15 is 0 Å². The van der Waals surface area contributed by atoms with E-state index in [1.807, 2.05) is 6.92 Å². The van der Waals surface area contributed by atoms with Crippen LogP contribution in [0.5, 0.6) is 0 Å². The van der Waals surface area contributed by atoms with Crippen LogP contribution in [0, 0.1) is 0 Å². The summed E-state index contributed by atoms with van der Waals surface area (Å²) in [6.45, 7) is 3.91. The van der Waals surface area contributed by atoms with Gasteiger partial charge in [0.15, 0.2) is 0 Å². The monoisotopic (exact) mass is 199 g/mol. The molecule has 0 aromatic carbocycles. The van der Waals surface area contributed by atoms with E-state index in [9.17, 15) is 4.79 Å². The molecule has 0 aliphatic carbocycles. The maximum absolute atomic E-state index is 12.0. The molecule has 0 aromatic rings. The number of hydrogen-bond acceptors (Lipinski definition) is 3. The molecule has 0 N–H and O–H groups in total. The van der Waals surface area contributed by atoms with Gasteiger partial charge in [0.2, 0.25) is 0 Å². The summed E-state index contributed by atoms with van der Waals surface area (Å²) in [6, 6.07) is 0. The number of nitrogens with zero attached hydrogens (tertiary/aromatic N) is 1. The van der Waals surface area contributed by atoms with Crippen molar-refractivity contribution in [2.45, 2.75) is 38.2 Å². The topological polar surface area (TPSA) is 38.8 Å². The first-order chi connectivity index (χ1) is 6.72. The van der Waals surface area contributed by atoms with Crippen molar-refractivity contribution in [1.82, 2.24) is 5.06 Å². The van der Waals surface area contributed by atoms with Gasteiger partial charge in [0.25, 0.3) is 5.91 Å². The molecule has 2 aliphatic heterocycles. The van der Waals surface area contributed by atoms with Crippen molar-refractivity contribution in [2.24, 2.45) is 0 Å². The van der Waals surface area contributed by atoms with Crippen molar-refractivity contribution in [3.8, 4) is 0 Å². The number of amides is 1. The van der Waals surface area contributed by atoms with Crippen molar-refractivity contribution in [3.05, 3.63) is 0 Å². The molecule has 14 heavy (non-hydrogen) atoms. The number of carbonyl (C=O) groups is 1. The lowest BCUT2D eigenvalue weighted by Crippen LogP contribution is -2.48. The van der Waals surface area contributed by atoms with Crippen LogP contribution in [-0.4, -0.2) is 36.3 Å². The Morgan fingerprint density at radius 2 is 2.14 bits per heavy atom. The van der Waals surface area contributed by atoms with Gasteiger partial charge in [0.1, 0.15) is 5.60 Å². The summed E-state index contributed by atoms with van der Waals surface area (Å²) in [5.74, 6) is -0.00491. The van der Waals surface area contributed by atoms with Gasteiger partial charge in [0.05, 0.1) is 6.61 Å². The van der Waals surface area contributed by atoms with E-state index in [-0.39, 0.29) is 5.91 Å². The first-order valence-corrected chi connectivity index (χ1v) is 5.31. The van der Waals surface area contributed by atoms with Crippen molar-refractivity contribution < 1.29 is 14.4 Å². The highest BCUT2D eigenvalue weighted by atomic mass is 16.7. The van der Waals surface area contributed by atoms with Crippen LogP contribution >= 0.6 is 0 Å². The van der Waals surface area contributed by atoms with E-state index < -0.39 is 5.60 Å². The molecular weight excluding hydrogens is 182 g/mol. The zero-order valence-corrected chi connectivity index (χ0v) is 8.62. The number of carbonyl (C=O) groups excluding carboxylic acids is 1. The SMILES string of the molecule is CC1(C(=O)N2CCCCO2)CCCO1. The summed E-state index contributed by atoms with van der Waals surface area (Å²) in [6.07, 6.45) is 3.85. The average Bonchev–Trinajstić information content (AvgIpc) is 2.67. The summed E-state index contributed by atoms with van der Waals surface area (Å²) in [7, 11) is 0. The van der Waals surface area contributed by atoms with Crippen LogP contribution in [0.3, 0.4) is 0 Å². The third kappa shape index (κ3) is 1.77. The average molecular weight is 199 g/mol. The largest absolute Gasteiger partial charge is 0.365 e. The Bertz CT molecular complexity index is 217. The Morgan fingerprint density at radius 1 is 1.29 bits per heavy atom. The van der Waals surface area contributed by atoms with Crippen LogP contribution in [-0.2, 0) is 14.4 Å². The lowest BCUT2D eigenvalue weighted by atomic mass is 10.0. The molecule has 1 atom stereocenters. The van der Waals surface area contributed by atoms with Crippen molar-refractivity contribution in [3.63, 3.8) is 0 Å². The van der Waals surface area contributed by atoms with Gasteiger partial charge in [0, 0.05) is 13.2 Å². The van der Waals surface area contributed by atoms with Gasteiger partial charge in [-0.2, -0.15) is 0 Å². The molecule has 2 rings (SSSR count). The van der Waals surface area contributed by atoms with Crippen LogP contribution in [0.1, 0.15) is 32.6 Å². The molecule has 2 saturated heterocycles. The summed E-state index contributed by atoms with van der Waals surface area (Å²) in [4.78, 5) is 17.3. The van der Waals surface area contributed by atoms with Crippen LogP contribution in [0.4, 0.5) is 0 Å². The Morgan fingerprint density at radius 3 is 2.71 bits per heavy atom. The van der Waals surface area contributed by atoms with Crippen molar-refractivity contribution in [2.75, 3.05) is 19.8 Å². The fourth-order valence-corrected chi connectivity index (χ4v) is 1.97. The third-order valence-electron chi connectivity index (χ3n) is 2.90. The first kappa shape index (κ1) is 9.93. The Kier molecular flexibility index (Phi) is 2.74. The number of hydrogen-bond donors (Lipinski definition) is 0. The number of ether oxygens (including phenoxy) is 1. The quantitative estimate of drug-likeness (QED) is 0.635.